The number of nitrogens with two attached hydrogens (primary N) is 1. The highest BCUT2D eigenvalue weighted by atomic mass is 79.9. The first kappa shape index (κ1) is 15.2. The van der Waals surface area contributed by atoms with Crippen LogP contribution in [0.25, 0.3) is 22.2 Å². The van der Waals surface area contributed by atoms with Crippen molar-refractivity contribution in [3.8, 4) is 22.8 Å². The molecule has 0 unspecified atom stereocenters. The minimum atomic E-state index is -0.830. The van der Waals surface area contributed by atoms with Crippen LogP contribution in [0.3, 0.4) is 0 Å². The summed E-state index contributed by atoms with van der Waals surface area (Å²) in [4.78, 5) is 19.7. The van der Waals surface area contributed by atoms with Crippen molar-refractivity contribution in [2.24, 2.45) is 5.73 Å². The van der Waals surface area contributed by atoms with Crippen molar-refractivity contribution in [1.82, 2.24) is 9.97 Å². The molecule has 2 heterocycles. The first-order chi connectivity index (χ1) is 11.0. The molecule has 2 aromatic heterocycles. The lowest BCUT2D eigenvalue weighted by molar-refractivity contribution is 0.0992. The van der Waals surface area contributed by atoms with E-state index in [1.54, 1.807) is 6.07 Å². The lowest BCUT2D eigenvalue weighted by Gasteiger charge is -2.12. The lowest BCUT2D eigenvalue weighted by atomic mass is 10.1. The molecule has 0 aliphatic rings. The number of ether oxygens (including phenoxy) is 1. The molecule has 3 N–H and O–H groups in total. The number of hydrogen-bond acceptors (Lipinski definition) is 5. The largest absolute Gasteiger partial charge is 0.503 e. The highest BCUT2D eigenvalue weighted by molar-refractivity contribution is 9.10. The van der Waals surface area contributed by atoms with Crippen molar-refractivity contribution in [1.29, 1.82) is 0 Å². The van der Waals surface area contributed by atoms with Gasteiger partial charge in [-0.05, 0) is 24.3 Å². The average molecular weight is 374 g/mol. The fraction of sp³-hybridized carbons (Fsp3) is 0.0625. The van der Waals surface area contributed by atoms with Crippen molar-refractivity contribution >= 4 is 32.7 Å². The van der Waals surface area contributed by atoms with Gasteiger partial charge in [0.2, 0.25) is 0 Å². The number of primary amides is 1. The number of benzene rings is 1. The summed E-state index contributed by atoms with van der Waals surface area (Å²) < 4.78 is 6.17. The number of fused-ring (bicyclic) bond motifs is 1. The normalized spacial score (nSPS) is 10.7. The van der Waals surface area contributed by atoms with Gasteiger partial charge in [-0.3, -0.25) is 4.79 Å². The Kier molecular flexibility index (Phi) is 3.87. The molecule has 0 aliphatic heterocycles. The van der Waals surface area contributed by atoms with Gasteiger partial charge in [-0.15, -0.1) is 0 Å². The van der Waals surface area contributed by atoms with Gasteiger partial charge in [0.1, 0.15) is 0 Å². The van der Waals surface area contributed by atoms with E-state index in [1.165, 1.54) is 13.3 Å². The predicted octanol–water partition coefficient (Wildman–Crippen LogP) is 2.87. The zero-order valence-corrected chi connectivity index (χ0v) is 13.7. The van der Waals surface area contributed by atoms with Crippen LogP contribution in [0.5, 0.6) is 11.5 Å². The van der Waals surface area contributed by atoms with Crippen molar-refractivity contribution in [3.63, 3.8) is 0 Å². The van der Waals surface area contributed by atoms with Crippen LogP contribution >= 0.6 is 15.9 Å². The van der Waals surface area contributed by atoms with Crippen LogP contribution in [0.2, 0.25) is 0 Å². The number of carbonyl (C=O) groups excluding carboxylic acids is 1. The van der Waals surface area contributed by atoms with E-state index in [0.29, 0.717) is 11.3 Å². The number of halogens is 1. The second-order valence-corrected chi connectivity index (χ2v) is 5.72. The highest BCUT2D eigenvalue weighted by Gasteiger charge is 2.20. The molecule has 0 atom stereocenters. The molecule has 3 rings (SSSR count). The Hall–Kier alpha value is -2.67. The summed E-state index contributed by atoms with van der Waals surface area (Å²) in [5, 5.41) is 11.1. The van der Waals surface area contributed by atoms with Gasteiger partial charge < -0.3 is 15.6 Å². The Morgan fingerprint density at radius 1 is 1.30 bits per heavy atom. The van der Waals surface area contributed by atoms with Crippen LogP contribution in [0.15, 0.2) is 41.0 Å². The summed E-state index contributed by atoms with van der Waals surface area (Å²) in [7, 11) is 1.39. The SMILES string of the molecule is COc1c(-c2ccc3cc(Br)ccc3n2)cnc(C(N)=O)c1O. The van der Waals surface area contributed by atoms with Gasteiger partial charge in [-0.1, -0.05) is 22.0 Å². The molecule has 7 heteroatoms. The minimum Gasteiger partial charge on any atom is -0.503 e. The summed E-state index contributed by atoms with van der Waals surface area (Å²) in [5.41, 5.74) is 6.76. The molecule has 1 amide bonds. The summed E-state index contributed by atoms with van der Waals surface area (Å²) in [5.74, 6) is -1.11. The number of nitrogens with zero attached hydrogens (tertiary/aromatic N) is 2. The van der Waals surface area contributed by atoms with E-state index in [2.05, 4.69) is 25.9 Å². The van der Waals surface area contributed by atoms with Crippen molar-refractivity contribution in [3.05, 3.63) is 46.7 Å². The number of methoxy groups -OCH3 is 1. The zero-order valence-electron chi connectivity index (χ0n) is 12.1. The maximum absolute atomic E-state index is 11.3. The number of hydrogen-bond donors (Lipinski definition) is 2. The Morgan fingerprint density at radius 2 is 2.09 bits per heavy atom. The molecule has 0 spiro atoms. The first-order valence-electron chi connectivity index (χ1n) is 6.63. The maximum atomic E-state index is 11.3. The van der Waals surface area contributed by atoms with Gasteiger partial charge >= 0.3 is 0 Å². The molecule has 0 fully saturated rings. The van der Waals surface area contributed by atoms with Gasteiger partial charge in [-0.25, -0.2) is 9.97 Å². The maximum Gasteiger partial charge on any atom is 0.271 e. The molecule has 1 aromatic carbocycles. The second-order valence-electron chi connectivity index (χ2n) is 4.80. The number of aromatic hydroxyl groups is 1. The Morgan fingerprint density at radius 3 is 2.78 bits per heavy atom. The van der Waals surface area contributed by atoms with Gasteiger partial charge in [0.05, 0.1) is 23.9 Å². The summed E-state index contributed by atoms with van der Waals surface area (Å²) in [6, 6.07) is 9.41. The molecule has 0 aliphatic carbocycles. The monoisotopic (exact) mass is 373 g/mol. The van der Waals surface area contributed by atoms with Crippen LogP contribution in [0.4, 0.5) is 0 Å². The molecule has 0 radical (unpaired) electrons. The summed E-state index contributed by atoms with van der Waals surface area (Å²) in [6.45, 7) is 0. The molecule has 0 saturated carbocycles. The third-order valence-corrected chi connectivity index (χ3v) is 3.86. The van der Waals surface area contributed by atoms with Crippen LogP contribution in [0.1, 0.15) is 10.5 Å². The number of pyridine rings is 2. The Bertz CT molecular complexity index is 928. The van der Waals surface area contributed by atoms with Crippen molar-refractivity contribution in [2.45, 2.75) is 0 Å². The van der Waals surface area contributed by atoms with Crippen molar-refractivity contribution < 1.29 is 14.6 Å². The van der Waals surface area contributed by atoms with Gasteiger partial charge in [0.25, 0.3) is 5.91 Å². The van der Waals surface area contributed by atoms with Gasteiger partial charge in [0, 0.05) is 16.1 Å². The fourth-order valence-electron chi connectivity index (χ4n) is 2.30. The number of aromatic nitrogens is 2. The van der Waals surface area contributed by atoms with Gasteiger partial charge in [0.15, 0.2) is 17.2 Å². The third kappa shape index (κ3) is 2.70. The number of amides is 1. The molecule has 0 bridgehead atoms. The van der Waals surface area contributed by atoms with E-state index in [1.807, 2.05) is 24.3 Å². The quantitative estimate of drug-likeness (QED) is 0.735. The predicted molar refractivity (Wildman–Crippen MR) is 89.4 cm³/mol. The van der Waals surface area contributed by atoms with E-state index < -0.39 is 11.7 Å². The standard InChI is InChI=1S/C16H12BrN3O3/c1-23-15-10(7-19-13(14(15)21)16(18)22)12-4-2-8-6-9(17)3-5-11(8)20-12/h2-7,21H,1H3,(H2,18,22). The van der Waals surface area contributed by atoms with Crippen molar-refractivity contribution in [2.75, 3.05) is 7.11 Å². The second kappa shape index (κ2) is 5.85. The zero-order chi connectivity index (χ0) is 16.6. The Labute approximate surface area is 140 Å². The van der Waals surface area contributed by atoms with Crippen LogP contribution in [-0.4, -0.2) is 28.1 Å². The number of rotatable bonds is 3. The average Bonchev–Trinajstić information content (AvgIpc) is 2.53. The molecular formula is C16H12BrN3O3. The lowest BCUT2D eigenvalue weighted by Crippen LogP contribution is -2.13. The molecule has 6 nitrogen and oxygen atoms in total. The Balaban J connectivity index is 2.20. The van der Waals surface area contributed by atoms with E-state index in [4.69, 9.17) is 10.5 Å². The minimum absolute atomic E-state index is 0.109. The van der Waals surface area contributed by atoms with Crippen LogP contribution in [0, 0.1) is 0 Å². The molecule has 116 valence electrons. The van der Waals surface area contributed by atoms with E-state index in [9.17, 15) is 9.90 Å². The fourth-order valence-corrected chi connectivity index (χ4v) is 2.68. The van der Waals surface area contributed by atoms with Crippen LogP contribution < -0.4 is 10.5 Å². The van der Waals surface area contributed by atoms with Gasteiger partial charge in [-0.2, -0.15) is 0 Å². The molecule has 23 heavy (non-hydrogen) atoms. The van der Waals surface area contributed by atoms with Crippen LogP contribution in [-0.2, 0) is 0 Å². The van der Waals surface area contributed by atoms with E-state index in [-0.39, 0.29) is 11.4 Å². The smallest absolute Gasteiger partial charge is 0.271 e. The summed E-state index contributed by atoms with van der Waals surface area (Å²) >= 11 is 3.42. The third-order valence-electron chi connectivity index (χ3n) is 3.37. The number of carbonyl (C=O) groups is 1. The highest BCUT2D eigenvalue weighted by Crippen LogP contribution is 2.38. The first-order valence-corrected chi connectivity index (χ1v) is 7.43. The van der Waals surface area contributed by atoms with E-state index in [0.717, 1.165) is 15.4 Å². The molecule has 3 aromatic rings. The molecular weight excluding hydrogens is 362 g/mol. The topological polar surface area (TPSA) is 98.3 Å². The summed E-state index contributed by atoms with van der Waals surface area (Å²) in [6.07, 6.45) is 1.41. The van der Waals surface area contributed by atoms with E-state index >= 15 is 0 Å². The molecule has 0 saturated heterocycles.